The van der Waals surface area contributed by atoms with Crippen LogP contribution in [0.5, 0.6) is 0 Å². The van der Waals surface area contributed by atoms with E-state index in [4.69, 9.17) is 0 Å². The third-order valence-electron chi connectivity index (χ3n) is 5.50. The SMILES string of the molecule is Cc1ccccc1CC(=O)N(CCN1CCCCC1)C1CCNC1.Cl. The van der Waals surface area contributed by atoms with Crippen molar-refractivity contribution in [2.45, 2.75) is 45.1 Å². The second-order valence-corrected chi connectivity index (χ2v) is 7.24. The molecule has 0 radical (unpaired) electrons. The zero-order chi connectivity index (χ0) is 16.8. The lowest BCUT2D eigenvalue weighted by molar-refractivity contribution is -0.132. The van der Waals surface area contributed by atoms with Crippen molar-refractivity contribution in [2.75, 3.05) is 39.3 Å². The van der Waals surface area contributed by atoms with E-state index >= 15 is 0 Å². The first kappa shape index (κ1) is 20.2. The van der Waals surface area contributed by atoms with E-state index in [-0.39, 0.29) is 18.3 Å². The van der Waals surface area contributed by atoms with Gasteiger partial charge in [-0.25, -0.2) is 0 Å². The van der Waals surface area contributed by atoms with Crippen molar-refractivity contribution >= 4 is 18.3 Å². The molecule has 0 spiro atoms. The van der Waals surface area contributed by atoms with Crippen molar-refractivity contribution in [1.29, 1.82) is 0 Å². The van der Waals surface area contributed by atoms with Gasteiger partial charge in [0.25, 0.3) is 0 Å². The van der Waals surface area contributed by atoms with Crippen molar-refractivity contribution in [3.05, 3.63) is 35.4 Å². The Labute approximate surface area is 158 Å². The molecule has 25 heavy (non-hydrogen) atoms. The predicted molar refractivity (Wildman–Crippen MR) is 105 cm³/mol. The molecule has 3 rings (SSSR count). The summed E-state index contributed by atoms with van der Waals surface area (Å²) in [5.74, 6) is 0.287. The Morgan fingerprint density at radius 2 is 2.00 bits per heavy atom. The highest BCUT2D eigenvalue weighted by Gasteiger charge is 2.27. The van der Waals surface area contributed by atoms with Gasteiger partial charge in [-0.2, -0.15) is 0 Å². The smallest absolute Gasteiger partial charge is 0.227 e. The lowest BCUT2D eigenvalue weighted by Gasteiger charge is -2.33. The average molecular weight is 366 g/mol. The molecule has 2 aliphatic rings. The van der Waals surface area contributed by atoms with Gasteiger partial charge < -0.3 is 15.1 Å². The van der Waals surface area contributed by atoms with Gasteiger partial charge in [-0.15, -0.1) is 12.4 Å². The molecule has 1 aromatic rings. The summed E-state index contributed by atoms with van der Waals surface area (Å²) in [5, 5.41) is 3.41. The Morgan fingerprint density at radius 1 is 1.24 bits per heavy atom. The normalized spacial score (nSPS) is 20.9. The van der Waals surface area contributed by atoms with E-state index in [0.717, 1.165) is 38.2 Å². The number of amides is 1. The Morgan fingerprint density at radius 3 is 2.68 bits per heavy atom. The molecule has 140 valence electrons. The van der Waals surface area contributed by atoms with Crippen LogP contribution in [-0.4, -0.2) is 61.0 Å². The molecule has 2 aliphatic heterocycles. The highest BCUT2D eigenvalue weighted by molar-refractivity contribution is 5.85. The zero-order valence-electron chi connectivity index (χ0n) is 15.4. The number of hydrogen-bond acceptors (Lipinski definition) is 3. The highest BCUT2D eigenvalue weighted by atomic mass is 35.5. The van der Waals surface area contributed by atoms with E-state index in [1.165, 1.54) is 37.9 Å². The van der Waals surface area contributed by atoms with E-state index in [0.29, 0.717) is 12.5 Å². The summed E-state index contributed by atoms with van der Waals surface area (Å²) in [5.41, 5.74) is 2.38. The molecular weight excluding hydrogens is 334 g/mol. The summed E-state index contributed by atoms with van der Waals surface area (Å²) in [6, 6.07) is 8.62. The van der Waals surface area contributed by atoms with Crippen LogP contribution >= 0.6 is 12.4 Å². The van der Waals surface area contributed by atoms with Crippen LogP contribution in [0.4, 0.5) is 0 Å². The second kappa shape index (κ2) is 10.1. The number of piperidine rings is 1. The fourth-order valence-electron chi connectivity index (χ4n) is 3.92. The van der Waals surface area contributed by atoms with Gasteiger partial charge in [0.1, 0.15) is 0 Å². The predicted octanol–water partition coefficient (Wildman–Crippen LogP) is 2.64. The monoisotopic (exact) mass is 365 g/mol. The number of hydrogen-bond donors (Lipinski definition) is 1. The van der Waals surface area contributed by atoms with E-state index in [9.17, 15) is 4.79 Å². The summed E-state index contributed by atoms with van der Waals surface area (Å²) < 4.78 is 0. The maximum absolute atomic E-state index is 13.0. The summed E-state index contributed by atoms with van der Waals surface area (Å²) in [6.07, 6.45) is 5.59. The average Bonchev–Trinajstić information content (AvgIpc) is 3.12. The maximum atomic E-state index is 13.0. The van der Waals surface area contributed by atoms with Gasteiger partial charge in [0.15, 0.2) is 0 Å². The molecule has 2 fully saturated rings. The first-order valence-corrected chi connectivity index (χ1v) is 9.51. The van der Waals surface area contributed by atoms with Gasteiger partial charge in [-0.1, -0.05) is 30.7 Å². The molecule has 5 heteroatoms. The number of aryl methyl sites for hydroxylation is 1. The van der Waals surface area contributed by atoms with Gasteiger partial charge in [0.2, 0.25) is 5.91 Å². The van der Waals surface area contributed by atoms with Crippen molar-refractivity contribution in [3.8, 4) is 0 Å². The van der Waals surface area contributed by atoms with Crippen molar-refractivity contribution in [3.63, 3.8) is 0 Å². The van der Waals surface area contributed by atoms with Crippen LogP contribution in [0.25, 0.3) is 0 Å². The van der Waals surface area contributed by atoms with E-state index < -0.39 is 0 Å². The number of nitrogens with zero attached hydrogens (tertiary/aromatic N) is 2. The number of nitrogens with one attached hydrogen (secondary N) is 1. The molecule has 1 aromatic carbocycles. The van der Waals surface area contributed by atoms with Gasteiger partial charge in [-0.3, -0.25) is 4.79 Å². The lowest BCUT2D eigenvalue weighted by atomic mass is 10.0. The molecule has 2 saturated heterocycles. The van der Waals surface area contributed by atoms with Crippen molar-refractivity contribution < 1.29 is 4.79 Å². The van der Waals surface area contributed by atoms with Crippen molar-refractivity contribution in [2.24, 2.45) is 0 Å². The second-order valence-electron chi connectivity index (χ2n) is 7.24. The molecule has 0 saturated carbocycles. The summed E-state index contributed by atoms with van der Waals surface area (Å²) in [6.45, 7) is 8.36. The van der Waals surface area contributed by atoms with Gasteiger partial charge in [0.05, 0.1) is 6.42 Å². The summed E-state index contributed by atoms with van der Waals surface area (Å²) in [4.78, 5) is 17.7. The van der Waals surface area contributed by atoms with E-state index in [1.807, 2.05) is 12.1 Å². The molecule has 4 nitrogen and oxygen atoms in total. The summed E-state index contributed by atoms with van der Waals surface area (Å²) >= 11 is 0. The molecule has 2 heterocycles. The van der Waals surface area contributed by atoms with Crippen LogP contribution in [0.3, 0.4) is 0 Å². The van der Waals surface area contributed by atoms with Crippen molar-refractivity contribution in [1.82, 2.24) is 15.1 Å². The van der Waals surface area contributed by atoms with E-state index in [2.05, 4.69) is 34.2 Å². The van der Waals surface area contributed by atoms with Gasteiger partial charge in [-0.05, 0) is 56.9 Å². The number of rotatable bonds is 6. The fraction of sp³-hybridized carbons (Fsp3) is 0.650. The summed E-state index contributed by atoms with van der Waals surface area (Å²) in [7, 11) is 0. The van der Waals surface area contributed by atoms with Crippen LogP contribution in [0, 0.1) is 6.92 Å². The molecule has 1 N–H and O–H groups in total. The van der Waals surface area contributed by atoms with Gasteiger partial charge in [0, 0.05) is 25.7 Å². The zero-order valence-corrected chi connectivity index (χ0v) is 16.2. The molecule has 0 bridgehead atoms. The topological polar surface area (TPSA) is 35.6 Å². The molecule has 0 aromatic heterocycles. The Bertz CT molecular complexity index is 539. The van der Waals surface area contributed by atoms with Crippen LogP contribution in [0.1, 0.15) is 36.8 Å². The minimum Gasteiger partial charge on any atom is -0.337 e. The quantitative estimate of drug-likeness (QED) is 0.841. The minimum atomic E-state index is 0. The number of benzene rings is 1. The number of likely N-dealkylation sites (tertiary alicyclic amines) is 1. The van der Waals surface area contributed by atoms with E-state index in [1.54, 1.807) is 0 Å². The third-order valence-corrected chi connectivity index (χ3v) is 5.50. The Balaban J connectivity index is 0.00000225. The number of carbonyl (C=O) groups excluding carboxylic acids is 1. The number of carbonyl (C=O) groups is 1. The molecule has 0 aliphatic carbocycles. The van der Waals surface area contributed by atoms with Crippen LogP contribution in [0.15, 0.2) is 24.3 Å². The molecule has 1 unspecified atom stereocenters. The fourth-order valence-corrected chi connectivity index (χ4v) is 3.92. The van der Waals surface area contributed by atoms with Gasteiger partial charge >= 0.3 is 0 Å². The van der Waals surface area contributed by atoms with Crippen LogP contribution in [0.2, 0.25) is 0 Å². The first-order chi connectivity index (χ1) is 11.7. The first-order valence-electron chi connectivity index (χ1n) is 9.51. The molecular formula is C20H32ClN3O. The highest BCUT2D eigenvalue weighted by Crippen LogP contribution is 2.15. The van der Waals surface area contributed by atoms with Crippen LogP contribution < -0.4 is 5.32 Å². The third kappa shape index (κ3) is 5.70. The maximum Gasteiger partial charge on any atom is 0.227 e. The standard InChI is InChI=1S/C20H31N3O.ClH/c1-17-7-3-4-8-18(17)15-20(24)23(19-9-10-21-16-19)14-13-22-11-5-2-6-12-22;/h3-4,7-8,19,21H,2,5-6,9-16H2,1H3;1H. The largest absolute Gasteiger partial charge is 0.337 e. The van der Waals surface area contributed by atoms with Crippen LogP contribution in [-0.2, 0) is 11.2 Å². The Kier molecular flexibility index (Phi) is 8.20. The molecule has 1 amide bonds. The molecule has 1 atom stereocenters. The number of halogens is 1. The minimum absolute atomic E-state index is 0. The lowest BCUT2D eigenvalue weighted by Crippen LogP contribution is -2.47. The Hall–Kier alpha value is -1.10.